The summed E-state index contributed by atoms with van der Waals surface area (Å²) in [4.78, 5) is 13.2. The van der Waals surface area contributed by atoms with Gasteiger partial charge in [-0.15, -0.1) is 6.58 Å². The molecule has 1 spiro atoms. The molecule has 2 aliphatic carbocycles. The Morgan fingerprint density at radius 3 is 2.68 bits per heavy atom. The van der Waals surface area contributed by atoms with Crippen molar-refractivity contribution in [1.29, 1.82) is 0 Å². The van der Waals surface area contributed by atoms with Gasteiger partial charge >= 0.3 is 0 Å². The summed E-state index contributed by atoms with van der Waals surface area (Å²) in [6.07, 6.45) is 5.73. The number of hydrogen-bond donors (Lipinski definition) is 0. The van der Waals surface area contributed by atoms with Crippen molar-refractivity contribution in [3.05, 3.63) is 12.7 Å². The Morgan fingerprint density at radius 2 is 2.12 bits per heavy atom. The van der Waals surface area contributed by atoms with Crippen molar-refractivity contribution in [2.24, 2.45) is 22.7 Å². The van der Waals surface area contributed by atoms with E-state index in [0.717, 1.165) is 25.7 Å². The number of ether oxygens (including phenoxy) is 1. The van der Waals surface area contributed by atoms with E-state index in [1.54, 1.807) is 20.1 Å². The third-order valence-corrected chi connectivity index (χ3v) is 9.45. The van der Waals surface area contributed by atoms with Crippen LogP contribution in [0.5, 0.6) is 0 Å². The first kappa shape index (κ1) is 18.9. The van der Waals surface area contributed by atoms with Crippen molar-refractivity contribution in [2.45, 2.75) is 65.0 Å². The van der Waals surface area contributed by atoms with Gasteiger partial charge in [0, 0.05) is 12.5 Å². The molecule has 142 valence electrons. The normalized spacial score (nSPS) is 36.9. The minimum absolute atomic E-state index is 0.0213. The van der Waals surface area contributed by atoms with Crippen LogP contribution in [0.4, 0.5) is 0 Å². The van der Waals surface area contributed by atoms with E-state index in [1.807, 2.05) is 0 Å². The number of amides is 1. The van der Waals surface area contributed by atoms with Gasteiger partial charge in [-0.2, -0.15) is 0 Å². The second-order valence-corrected chi connectivity index (χ2v) is 10.5. The molecular weight excluding hydrogens is 338 g/mol. The zero-order valence-corrected chi connectivity index (χ0v) is 16.6. The lowest BCUT2D eigenvalue weighted by molar-refractivity contribution is -0.137. The third-order valence-electron chi connectivity index (χ3n) is 7.53. The maximum Gasteiger partial charge on any atom is 0.241 e. The van der Waals surface area contributed by atoms with Gasteiger partial charge in [0.15, 0.2) is 0 Å². The van der Waals surface area contributed by atoms with Gasteiger partial charge in [-0.3, -0.25) is 4.79 Å². The fraction of sp³-hybridized carbons (Fsp3) is 0.842. The van der Waals surface area contributed by atoms with Gasteiger partial charge in [0.25, 0.3) is 0 Å². The van der Waals surface area contributed by atoms with E-state index >= 15 is 0 Å². The van der Waals surface area contributed by atoms with Gasteiger partial charge in [0.2, 0.25) is 15.9 Å². The standard InChI is InChI=1S/C19H31NO4S/c1-6-7-8-15(24-5)13(2)17(21)20-16-11-14-9-10-19(16,18(14,3)4)12-25(20,22)23/h6,13-16H,1,7-12H2,2-5H3/t13-,14?,15-,16?,19+/m1/s1. The Labute approximate surface area is 151 Å². The van der Waals surface area contributed by atoms with Crippen LogP contribution in [0.3, 0.4) is 0 Å². The molecule has 2 bridgehead atoms. The SMILES string of the molecule is C=CCC[C@@H](OC)[C@@H](C)C(=O)N1C2CC3CC[C@@]2(CS1(=O)=O)C3(C)C. The smallest absolute Gasteiger partial charge is 0.241 e. The monoisotopic (exact) mass is 369 g/mol. The number of nitrogens with zero attached hydrogens (tertiary/aromatic N) is 1. The molecule has 0 aromatic heterocycles. The average molecular weight is 370 g/mol. The Bertz CT molecular complexity index is 671. The molecule has 3 rings (SSSR count). The van der Waals surface area contributed by atoms with Crippen molar-refractivity contribution >= 4 is 15.9 Å². The molecule has 3 fully saturated rings. The van der Waals surface area contributed by atoms with E-state index in [-0.39, 0.29) is 34.6 Å². The van der Waals surface area contributed by atoms with Crippen molar-refractivity contribution < 1.29 is 17.9 Å². The van der Waals surface area contributed by atoms with Crippen molar-refractivity contribution in [3.8, 4) is 0 Å². The highest BCUT2D eigenvalue weighted by Crippen LogP contribution is 2.70. The lowest BCUT2D eigenvalue weighted by Gasteiger charge is -2.37. The molecule has 5 nitrogen and oxygen atoms in total. The van der Waals surface area contributed by atoms with Crippen molar-refractivity contribution in [2.75, 3.05) is 12.9 Å². The summed E-state index contributed by atoms with van der Waals surface area (Å²) in [5.74, 6) is -0.132. The van der Waals surface area contributed by atoms with Crippen LogP contribution in [-0.2, 0) is 19.6 Å². The Kier molecular flexibility index (Phi) is 4.60. The summed E-state index contributed by atoms with van der Waals surface area (Å²) < 4.78 is 32.7. The fourth-order valence-corrected chi connectivity index (χ4v) is 8.41. The molecule has 0 aromatic carbocycles. The summed E-state index contributed by atoms with van der Waals surface area (Å²) in [6, 6.07) is -0.168. The van der Waals surface area contributed by atoms with Crippen LogP contribution in [0.25, 0.3) is 0 Å². The Balaban J connectivity index is 1.89. The van der Waals surface area contributed by atoms with Crippen LogP contribution in [-0.4, -0.2) is 43.6 Å². The number of allylic oxidation sites excluding steroid dienone is 1. The predicted molar refractivity (Wildman–Crippen MR) is 97.4 cm³/mol. The van der Waals surface area contributed by atoms with Gasteiger partial charge in [0.05, 0.1) is 23.8 Å². The highest BCUT2D eigenvalue weighted by Gasteiger charge is 2.72. The molecule has 2 saturated carbocycles. The molecule has 5 atom stereocenters. The zero-order valence-electron chi connectivity index (χ0n) is 15.8. The van der Waals surface area contributed by atoms with Crippen molar-refractivity contribution in [1.82, 2.24) is 4.31 Å². The number of methoxy groups -OCH3 is 1. The third kappa shape index (κ3) is 2.51. The highest BCUT2D eigenvalue weighted by molar-refractivity contribution is 7.90. The number of carbonyl (C=O) groups is 1. The van der Waals surface area contributed by atoms with E-state index in [4.69, 9.17) is 4.74 Å². The van der Waals surface area contributed by atoms with Gasteiger partial charge in [0.1, 0.15) is 0 Å². The maximum atomic E-state index is 13.2. The van der Waals surface area contributed by atoms with Crippen LogP contribution in [0.15, 0.2) is 12.7 Å². The van der Waals surface area contributed by atoms with Crippen LogP contribution in [0.1, 0.15) is 52.9 Å². The number of sulfonamides is 1. The van der Waals surface area contributed by atoms with E-state index in [9.17, 15) is 13.2 Å². The molecule has 0 aromatic rings. The Morgan fingerprint density at radius 1 is 1.44 bits per heavy atom. The van der Waals surface area contributed by atoms with Crippen LogP contribution < -0.4 is 0 Å². The molecule has 3 aliphatic rings. The van der Waals surface area contributed by atoms with Crippen molar-refractivity contribution in [3.63, 3.8) is 0 Å². The minimum atomic E-state index is -3.56. The number of fused-ring (bicyclic) bond motifs is 1. The minimum Gasteiger partial charge on any atom is -0.381 e. The number of hydrogen-bond acceptors (Lipinski definition) is 4. The van der Waals surface area contributed by atoms with Crippen LogP contribution in [0.2, 0.25) is 0 Å². The Hall–Kier alpha value is -0.880. The molecule has 2 unspecified atom stereocenters. The second-order valence-electron chi connectivity index (χ2n) is 8.68. The zero-order chi connectivity index (χ0) is 18.6. The van der Waals surface area contributed by atoms with Gasteiger partial charge in [-0.05, 0) is 43.4 Å². The maximum absolute atomic E-state index is 13.2. The quantitative estimate of drug-likeness (QED) is 0.675. The first-order valence-corrected chi connectivity index (χ1v) is 10.9. The van der Waals surface area contributed by atoms with E-state index < -0.39 is 15.9 Å². The summed E-state index contributed by atoms with van der Waals surface area (Å²) in [6.45, 7) is 9.89. The first-order chi connectivity index (χ1) is 11.6. The first-order valence-electron chi connectivity index (χ1n) is 9.32. The molecule has 6 heteroatoms. The van der Waals surface area contributed by atoms with Gasteiger partial charge in [-0.25, -0.2) is 12.7 Å². The van der Waals surface area contributed by atoms with Gasteiger partial charge < -0.3 is 4.74 Å². The van der Waals surface area contributed by atoms with E-state index in [2.05, 4.69) is 20.4 Å². The summed E-state index contributed by atoms with van der Waals surface area (Å²) in [7, 11) is -1.98. The molecule has 1 aliphatic heterocycles. The largest absolute Gasteiger partial charge is 0.381 e. The molecule has 0 radical (unpaired) electrons. The molecule has 25 heavy (non-hydrogen) atoms. The highest BCUT2D eigenvalue weighted by atomic mass is 32.2. The molecule has 1 amide bonds. The number of rotatable bonds is 6. The predicted octanol–water partition coefficient (Wildman–Crippen LogP) is 2.97. The second kappa shape index (κ2) is 6.08. The van der Waals surface area contributed by atoms with Crippen LogP contribution in [0, 0.1) is 22.7 Å². The lowest BCUT2D eigenvalue weighted by Crippen LogP contribution is -2.48. The fourth-order valence-electron chi connectivity index (χ4n) is 5.79. The summed E-state index contributed by atoms with van der Waals surface area (Å²) >= 11 is 0. The van der Waals surface area contributed by atoms with E-state index in [1.165, 1.54) is 4.31 Å². The molecule has 0 N–H and O–H groups in total. The topological polar surface area (TPSA) is 63.7 Å². The summed E-state index contributed by atoms with van der Waals surface area (Å²) in [5, 5.41) is 0. The molecule has 1 saturated heterocycles. The van der Waals surface area contributed by atoms with E-state index in [0.29, 0.717) is 12.3 Å². The average Bonchev–Trinajstić information content (AvgIpc) is 3.02. The lowest BCUT2D eigenvalue weighted by atomic mass is 9.69. The molecule has 1 heterocycles. The number of carbonyl (C=O) groups excluding carboxylic acids is 1. The van der Waals surface area contributed by atoms with Crippen LogP contribution >= 0.6 is 0 Å². The molecular formula is C19H31NO4S. The summed E-state index contributed by atoms with van der Waals surface area (Å²) in [5.41, 5.74) is -0.290. The van der Waals surface area contributed by atoms with Gasteiger partial charge in [-0.1, -0.05) is 26.8 Å².